The number of hydrogen-bond acceptors (Lipinski definition) is 3. The molecular weight excluding hydrogens is 274 g/mol. The molecule has 0 aliphatic rings. The van der Waals surface area contributed by atoms with E-state index in [9.17, 15) is 8.78 Å². The van der Waals surface area contributed by atoms with Gasteiger partial charge in [0.1, 0.15) is 5.75 Å². The number of aromatic nitrogens is 1. The van der Waals surface area contributed by atoms with Crippen molar-refractivity contribution in [2.45, 2.75) is 32.7 Å². The fraction of sp³-hybridized carbons (Fsp3) is 0.312. The van der Waals surface area contributed by atoms with Crippen LogP contribution in [0, 0.1) is 18.6 Å². The molecule has 3 nitrogen and oxygen atoms in total. The van der Waals surface area contributed by atoms with Crippen LogP contribution in [0.5, 0.6) is 11.5 Å². The highest BCUT2D eigenvalue weighted by molar-refractivity contribution is 5.37. The summed E-state index contributed by atoms with van der Waals surface area (Å²) in [6.07, 6.45) is 2.76. The van der Waals surface area contributed by atoms with Crippen LogP contribution in [0.1, 0.15) is 24.6 Å². The third-order valence-electron chi connectivity index (χ3n) is 3.25. The third kappa shape index (κ3) is 3.76. The maximum absolute atomic E-state index is 14.1. The molecule has 5 heteroatoms. The van der Waals surface area contributed by atoms with E-state index in [1.165, 1.54) is 12.1 Å². The van der Waals surface area contributed by atoms with Gasteiger partial charge in [-0.25, -0.2) is 8.78 Å². The average molecular weight is 292 g/mol. The predicted molar refractivity (Wildman–Crippen MR) is 77.4 cm³/mol. The van der Waals surface area contributed by atoms with Crippen molar-refractivity contribution in [3.05, 3.63) is 53.4 Å². The molecule has 0 spiro atoms. The molecule has 112 valence electrons. The SMILES string of the molecule is CCC(N)Cc1cc(F)c(Oc2cccnc2C)c(F)c1. The molecule has 1 atom stereocenters. The molecule has 0 aliphatic heterocycles. The summed E-state index contributed by atoms with van der Waals surface area (Å²) in [5, 5.41) is 0. The first-order valence-corrected chi connectivity index (χ1v) is 6.84. The number of rotatable bonds is 5. The first-order valence-electron chi connectivity index (χ1n) is 6.84. The number of nitrogens with two attached hydrogens (primary N) is 1. The summed E-state index contributed by atoms with van der Waals surface area (Å²) in [6, 6.07) is 5.67. The van der Waals surface area contributed by atoms with Gasteiger partial charge in [0.2, 0.25) is 0 Å². The van der Waals surface area contributed by atoms with Crippen LogP contribution < -0.4 is 10.5 Å². The predicted octanol–water partition coefficient (Wildman–Crippen LogP) is 3.74. The summed E-state index contributed by atoms with van der Waals surface area (Å²) in [4.78, 5) is 4.02. The maximum atomic E-state index is 14.1. The van der Waals surface area contributed by atoms with Gasteiger partial charge in [-0.1, -0.05) is 6.92 Å². The van der Waals surface area contributed by atoms with E-state index in [1.807, 2.05) is 6.92 Å². The van der Waals surface area contributed by atoms with Crippen LogP contribution in [-0.2, 0) is 6.42 Å². The molecule has 0 saturated carbocycles. The Kier molecular flexibility index (Phi) is 4.85. The molecule has 1 heterocycles. The van der Waals surface area contributed by atoms with Gasteiger partial charge in [0.15, 0.2) is 17.4 Å². The molecule has 0 amide bonds. The third-order valence-corrected chi connectivity index (χ3v) is 3.25. The van der Waals surface area contributed by atoms with Crippen LogP contribution >= 0.6 is 0 Å². The molecule has 2 N–H and O–H groups in total. The van der Waals surface area contributed by atoms with Crippen LogP contribution in [0.2, 0.25) is 0 Å². The van der Waals surface area contributed by atoms with E-state index in [0.29, 0.717) is 23.4 Å². The summed E-state index contributed by atoms with van der Waals surface area (Å²) in [5.41, 5.74) is 6.89. The molecule has 21 heavy (non-hydrogen) atoms. The van der Waals surface area contributed by atoms with Gasteiger partial charge in [0, 0.05) is 12.2 Å². The number of aryl methyl sites for hydroxylation is 1. The van der Waals surface area contributed by atoms with E-state index in [-0.39, 0.29) is 6.04 Å². The van der Waals surface area contributed by atoms with Gasteiger partial charge in [0.25, 0.3) is 0 Å². The Morgan fingerprint density at radius 1 is 1.29 bits per heavy atom. The van der Waals surface area contributed by atoms with Crippen LogP contribution in [0.15, 0.2) is 30.5 Å². The summed E-state index contributed by atoms with van der Waals surface area (Å²) >= 11 is 0. The lowest BCUT2D eigenvalue weighted by atomic mass is 10.0. The molecular formula is C16H18F2N2O. The largest absolute Gasteiger partial charge is 0.449 e. The van der Waals surface area contributed by atoms with E-state index in [0.717, 1.165) is 6.42 Å². The van der Waals surface area contributed by atoms with E-state index in [4.69, 9.17) is 10.5 Å². The molecule has 0 fully saturated rings. The summed E-state index contributed by atoms with van der Waals surface area (Å²) in [6.45, 7) is 3.64. The maximum Gasteiger partial charge on any atom is 0.198 e. The number of benzene rings is 1. The van der Waals surface area contributed by atoms with Crippen molar-refractivity contribution in [3.63, 3.8) is 0 Å². The zero-order valence-electron chi connectivity index (χ0n) is 12.1. The van der Waals surface area contributed by atoms with Crippen molar-refractivity contribution in [1.82, 2.24) is 4.98 Å². The Morgan fingerprint density at radius 2 is 1.95 bits per heavy atom. The molecule has 1 unspecified atom stereocenters. The smallest absolute Gasteiger partial charge is 0.198 e. The molecule has 0 bridgehead atoms. The first kappa shape index (κ1) is 15.4. The second-order valence-electron chi connectivity index (χ2n) is 4.95. The monoisotopic (exact) mass is 292 g/mol. The molecule has 0 saturated heterocycles. The minimum Gasteiger partial charge on any atom is -0.449 e. The molecule has 1 aromatic heterocycles. The van der Waals surface area contributed by atoms with E-state index in [1.54, 1.807) is 25.3 Å². The zero-order valence-corrected chi connectivity index (χ0v) is 12.1. The topological polar surface area (TPSA) is 48.1 Å². The number of nitrogens with zero attached hydrogens (tertiary/aromatic N) is 1. The number of ether oxygens (including phenoxy) is 1. The van der Waals surface area contributed by atoms with Crippen molar-refractivity contribution in [3.8, 4) is 11.5 Å². The summed E-state index contributed by atoms with van der Waals surface area (Å²) in [7, 11) is 0. The highest BCUT2D eigenvalue weighted by atomic mass is 19.1. The van der Waals surface area contributed by atoms with Crippen molar-refractivity contribution < 1.29 is 13.5 Å². The Bertz CT molecular complexity index is 608. The highest BCUT2D eigenvalue weighted by Crippen LogP contribution is 2.30. The Labute approximate surface area is 122 Å². The first-order chi connectivity index (χ1) is 10.0. The quantitative estimate of drug-likeness (QED) is 0.913. The van der Waals surface area contributed by atoms with Crippen LogP contribution in [-0.4, -0.2) is 11.0 Å². The highest BCUT2D eigenvalue weighted by Gasteiger charge is 2.15. The summed E-state index contributed by atoms with van der Waals surface area (Å²) < 4.78 is 33.4. The van der Waals surface area contributed by atoms with Crippen LogP contribution in [0.25, 0.3) is 0 Å². The Balaban J connectivity index is 2.27. The molecule has 0 aliphatic carbocycles. The lowest BCUT2D eigenvalue weighted by molar-refractivity contribution is 0.402. The van der Waals surface area contributed by atoms with E-state index < -0.39 is 17.4 Å². The lowest BCUT2D eigenvalue weighted by Gasteiger charge is -2.13. The number of hydrogen-bond donors (Lipinski definition) is 1. The number of halogens is 2. The fourth-order valence-electron chi connectivity index (χ4n) is 1.96. The Morgan fingerprint density at radius 3 is 2.52 bits per heavy atom. The standard InChI is InChI=1S/C16H18F2N2O/c1-3-12(19)7-11-8-13(17)16(14(18)9-11)21-15-5-4-6-20-10(15)2/h4-6,8-9,12H,3,7,19H2,1-2H3. The lowest BCUT2D eigenvalue weighted by Crippen LogP contribution is -2.21. The Hall–Kier alpha value is -2.01. The minimum absolute atomic E-state index is 0.115. The van der Waals surface area contributed by atoms with Crippen molar-refractivity contribution in [1.29, 1.82) is 0 Å². The van der Waals surface area contributed by atoms with Gasteiger partial charge in [-0.05, 0) is 49.6 Å². The van der Waals surface area contributed by atoms with Gasteiger partial charge in [-0.2, -0.15) is 0 Å². The van der Waals surface area contributed by atoms with Crippen molar-refractivity contribution >= 4 is 0 Å². The second-order valence-corrected chi connectivity index (χ2v) is 4.95. The van der Waals surface area contributed by atoms with Gasteiger partial charge in [-0.15, -0.1) is 0 Å². The summed E-state index contributed by atoms with van der Waals surface area (Å²) in [5.74, 6) is -1.57. The van der Waals surface area contributed by atoms with Gasteiger partial charge >= 0.3 is 0 Å². The van der Waals surface area contributed by atoms with Gasteiger partial charge < -0.3 is 10.5 Å². The minimum atomic E-state index is -0.739. The van der Waals surface area contributed by atoms with Crippen LogP contribution in [0.4, 0.5) is 8.78 Å². The molecule has 2 aromatic rings. The second kappa shape index (κ2) is 6.63. The van der Waals surface area contributed by atoms with Gasteiger partial charge in [0.05, 0.1) is 5.69 Å². The molecule has 0 radical (unpaired) electrons. The number of pyridine rings is 1. The normalized spacial score (nSPS) is 12.2. The molecule has 1 aromatic carbocycles. The average Bonchev–Trinajstić information content (AvgIpc) is 2.44. The van der Waals surface area contributed by atoms with Crippen LogP contribution in [0.3, 0.4) is 0 Å². The van der Waals surface area contributed by atoms with Crippen molar-refractivity contribution in [2.24, 2.45) is 5.73 Å². The fourth-order valence-corrected chi connectivity index (χ4v) is 1.96. The van der Waals surface area contributed by atoms with Gasteiger partial charge in [-0.3, -0.25) is 4.98 Å². The zero-order chi connectivity index (χ0) is 15.4. The molecule has 2 rings (SSSR count). The van der Waals surface area contributed by atoms with Crippen molar-refractivity contribution in [2.75, 3.05) is 0 Å². The van der Waals surface area contributed by atoms with E-state index >= 15 is 0 Å². The van der Waals surface area contributed by atoms with E-state index in [2.05, 4.69) is 4.98 Å².